The second kappa shape index (κ2) is 4.90. The number of nitrogens with zero attached hydrogens (tertiary/aromatic N) is 2. The minimum Gasteiger partial charge on any atom is -0.250 e. The Bertz CT molecular complexity index is 506. The topological polar surface area (TPSA) is 25.2 Å². The van der Waals surface area contributed by atoms with E-state index in [0.717, 1.165) is 11.3 Å². The fraction of sp³-hybridized carbons (Fsp3) is 0.0769. The average molecular weight is 231 g/mol. The van der Waals surface area contributed by atoms with Crippen LogP contribution in [0.25, 0.3) is 0 Å². The predicted molar refractivity (Wildman–Crippen MR) is 67.6 cm³/mol. The second-order valence-corrected chi connectivity index (χ2v) is 3.73. The largest absolute Gasteiger partial charge is 0.250 e. The molecule has 1 heterocycles. The molecule has 0 aliphatic heterocycles. The molecule has 3 heteroatoms. The van der Waals surface area contributed by atoms with Gasteiger partial charge < -0.3 is 0 Å². The summed E-state index contributed by atoms with van der Waals surface area (Å²) in [7, 11) is 0. The predicted octanol–water partition coefficient (Wildman–Crippen LogP) is 3.88. The number of hydrogen-bond donors (Lipinski definition) is 0. The van der Waals surface area contributed by atoms with Crippen LogP contribution >= 0.6 is 11.6 Å². The molecule has 2 rings (SSSR count). The van der Waals surface area contributed by atoms with Gasteiger partial charge in [-0.25, -0.2) is 9.98 Å². The minimum atomic E-state index is 0.429. The number of hydrogen-bond acceptors (Lipinski definition) is 2. The second-order valence-electron chi connectivity index (χ2n) is 3.38. The van der Waals surface area contributed by atoms with Gasteiger partial charge in [-0.3, -0.25) is 0 Å². The Morgan fingerprint density at radius 3 is 2.56 bits per heavy atom. The van der Waals surface area contributed by atoms with Crippen molar-refractivity contribution >= 4 is 23.0 Å². The Morgan fingerprint density at radius 1 is 1.12 bits per heavy atom. The zero-order valence-corrected chi connectivity index (χ0v) is 9.65. The highest BCUT2D eigenvalue weighted by Gasteiger charge is 2.00. The van der Waals surface area contributed by atoms with Gasteiger partial charge in [0.05, 0.1) is 0 Å². The number of rotatable bonds is 2. The highest BCUT2D eigenvalue weighted by Crippen LogP contribution is 2.22. The monoisotopic (exact) mass is 230 g/mol. The summed E-state index contributed by atoms with van der Waals surface area (Å²) < 4.78 is 0. The molecule has 0 saturated heterocycles. The van der Waals surface area contributed by atoms with Crippen LogP contribution in [0.5, 0.6) is 0 Å². The Labute approximate surface area is 99.6 Å². The lowest BCUT2D eigenvalue weighted by molar-refractivity contribution is 1.30. The average Bonchev–Trinajstić information content (AvgIpc) is 2.33. The van der Waals surface area contributed by atoms with Crippen molar-refractivity contribution in [3.05, 3.63) is 59.4 Å². The summed E-state index contributed by atoms with van der Waals surface area (Å²) in [5.74, 6) is 0. The van der Waals surface area contributed by atoms with Crippen molar-refractivity contribution in [2.24, 2.45) is 4.99 Å². The van der Waals surface area contributed by atoms with Gasteiger partial charge in [-0.1, -0.05) is 41.9 Å². The van der Waals surface area contributed by atoms with Crippen molar-refractivity contribution in [2.45, 2.75) is 6.92 Å². The molecular weight excluding hydrogens is 220 g/mol. The smallest absolute Gasteiger partial charge is 0.154 e. The Morgan fingerprint density at radius 2 is 1.88 bits per heavy atom. The van der Waals surface area contributed by atoms with Gasteiger partial charge in [-0.2, -0.15) is 0 Å². The van der Waals surface area contributed by atoms with Crippen LogP contribution in [-0.4, -0.2) is 10.7 Å². The SMILES string of the molecule is CC(=Nc1cccnc1Cl)c1ccccc1. The van der Waals surface area contributed by atoms with Gasteiger partial charge in [0.25, 0.3) is 0 Å². The maximum atomic E-state index is 5.94. The molecule has 2 aromatic rings. The molecule has 16 heavy (non-hydrogen) atoms. The van der Waals surface area contributed by atoms with Crippen molar-refractivity contribution in [2.75, 3.05) is 0 Å². The molecular formula is C13H11ClN2. The van der Waals surface area contributed by atoms with Crippen molar-refractivity contribution in [1.29, 1.82) is 0 Å². The summed E-state index contributed by atoms with van der Waals surface area (Å²) in [5, 5.41) is 0.429. The molecule has 0 amide bonds. The third-order valence-corrected chi connectivity index (χ3v) is 2.51. The van der Waals surface area contributed by atoms with Crippen LogP contribution < -0.4 is 0 Å². The lowest BCUT2D eigenvalue weighted by Gasteiger charge is -2.01. The van der Waals surface area contributed by atoms with Crippen molar-refractivity contribution in [3.63, 3.8) is 0 Å². The van der Waals surface area contributed by atoms with E-state index in [4.69, 9.17) is 11.6 Å². The third-order valence-electron chi connectivity index (χ3n) is 2.22. The highest BCUT2D eigenvalue weighted by molar-refractivity contribution is 6.31. The fourth-order valence-electron chi connectivity index (χ4n) is 1.39. The summed E-state index contributed by atoms with van der Waals surface area (Å²) in [5.41, 5.74) is 2.71. The first kappa shape index (κ1) is 10.8. The van der Waals surface area contributed by atoms with Gasteiger partial charge in [-0.15, -0.1) is 0 Å². The van der Waals surface area contributed by atoms with Crippen molar-refractivity contribution in [3.8, 4) is 0 Å². The van der Waals surface area contributed by atoms with Crippen LogP contribution in [0.1, 0.15) is 12.5 Å². The molecule has 80 valence electrons. The van der Waals surface area contributed by atoms with E-state index in [1.54, 1.807) is 6.20 Å². The maximum Gasteiger partial charge on any atom is 0.154 e. The molecule has 0 unspecified atom stereocenters. The lowest BCUT2D eigenvalue weighted by Crippen LogP contribution is -1.93. The standard InChI is InChI=1S/C13H11ClN2/c1-10(11-6-3-2-4-7-11)16-12-8-5-9-15-13(12)14/h2-9H,1H3. The van der Waals surface area contributed by atoms with E-state index in [-0.39, 0.29) is 0 Å². The first-order valence-electron chi connectivity index (χ1n) is 4.98. The zero-order chi connectivity index (χ0) is 11.4. The van der Waals surface area contributed by atoms with Gasteiger partial charge in [0.1, 0.15) is 5.69 Å². The highest BCUT2D eigenvalue weighted by atomic mass is 35.5. The summed E-state index contributed by atoms with van der Waals surface area (Å²) in [4.78, 5) is 8.44. The van der Waals surface area contributed by atoms with Crippen molar-refractivity contribution < 1.29 is 0 Å². The molecule has 2 nitrogen and oxygen atoms in total. The van der Waals surface area contributed by atoms with Crippen LogP contribution in [-0.2, 0) is 0 Å². The van der Waals surface area contributed by atoms with Crippen LogP contribution in [0, 0.1) is 0 Å². The molecule has 0 spiro atoms. The maximum absolute atomic E-state index is 5.94. The molecule has 1 aromatic heterocycles. The Hall–Kier alpha value is -1.67. The minimum absolute atomic E-state index is 0.429. The molecule has 0 N–H and O–H groups in total. The summed E-state index contributed by atoms with van der Waals surface area (Å²) in [6.45, 7) is 1.96. The fourth-order valence-corrected chi connectivity index (χ4v) is 1.55. The van der Waals surface area contributed by atoms with Crippen LogP contribution in [0.15, 0.2) is 53.7 Å². The van der Waals surface area contributed by atoms with E-state index in [9.17, 15) is 0 Å². The molecule has 0 atom stereocenters. The van der Waals surface area contributed by atoms with E-state index in [1.807, 2.05) is 49.4 Å². The number of pyridine rings is 1. The lowest BCUT2D eigenvalue weighted by atomic mass is 10.1. The van der Waals surface area contributed by atoms with E-state index in [2.05, 4.69) is 9.98 Å². The zero-order valence-electron chi connectivity index (χ0n) is 8.89. The van der Waals surface area contributed by atoms with E-state index in [0.29, 0.717) is 10.8 Å². The van der Waals surface area contributed by atoms with Gasteiger partial charge in [0, 0.05) is 11.9 Å². The molecule has 0 radical (unpaired) electrons. The first-order valence-corrected chi connectivity index (χ1v) is 5.36. The summed E-state index contributed by atoms with van der Waals surface area (Å²) >= 11 is 5.94. The van der Waals surface area contributed by atoms with E-state index in [1.165, 1.54) is 0 Å². The van der Waals surface area contributed by atoms with E-state index >= 15 is 0 Å². The van der Waals surface area contributed by atoms with Gasteiger partial charge >= 0.3 is 0 Å². The third kappa shape index (κ3) is 2.47. The van der Waals surface area contributed by atoms with Crippen LogP contribution in [0.2, 0.25) is 5.15 Å². The van der Waals surface area contributed by atoms with Gasteiger partial charge in [0.15, 0.2) is 5.15 Å². The normalized spacial score (nSPS) is 11.5. The number of aliphatic imine (C=N–C) groups is 1. The molecule has 0 bridgehead atoms. The van der Waals surface area contributed by atoms with Crippen LogP contribution in [0.4, 0.5) is 5.69 Å². The van der Waals surface area contributed by atoms with Crippen LogP contribution in [0.3, 0.4) is 0 Å². The van der Waals surface area contributed by atoms with E-state index < -0.39 is 0 Å². The number of halogens is 1. The molecule has 1 aromatic carbocycles. The molecule has 0 fully saturated rings. The number of benzene rings is 1. The molecule has 0 saturated carbocycles. The van der Waals surface area contributed by atoms with Crippen molar-refractivity contribution in [1.82, 2.24) is 4.98 Å². The van der Waals surface area contributed by atoms with Gasteiger partial charge in [-0.05, 0) is 24.6 Å². The summed E-state index contributed by atoms with van der Waals surface area (Å²) in [6.07, 6.45) is 1.65. The van der Waals surface area contributed by atoms with Gasteiger partial charge in [0.2, 0.25) is 0 Å². The number of aromatic nitrogens is 1. The summed E-state index contributed by atoms with van der Waals surface area (Å²) in [6, 6.07) is 13.7. The first-order chi connectivity index (χ1) is 7.77. The Kier molecular flexibility index (Phi) is 3.32. The molecule has 0 aliphatic rings. The molecule has 0 aliphatic carbocycles. The quantitative estimate of drug-likeness (QED) is 0.568. The Balaban J connectivity index is 2.36.